The van der Waals surface area contributed by atoms with Crippen molar-refractivity contribution in [3.8, 4) is 0 Å². The molecule has 1 nitrogen and oxygen atoms in total. The molecule has 4 heteroatoms. The molecule has 100 valence electrons. The van der Waals surface area contributed by atoms with E-state index in [1.165, 1.54) is 0 Å². The molecule has 0 radical (unpaired) electrons. The third-order valence-electron chi connectivity index (χ3n) is 3.21. The van der Waals surface area contributed by atoms with Crippen LogP contribution in [-0.4, -0.2) is 14.9 Å². The Morgan fingerprint density at radius 1 is 1.41 bits per heavy atom. The SMILES string of the molecule is C=CC/C(Cl)=C(\Br)CCO[Si](C)(C)C(C)(C)C. The van der Waals surface area contributed by atoms with E-state index in [0.29, 0.717) is 6.42 Å². The van der Waals surface area contributed by atoms with E-state index < -0.39 is 8.32 Å². The molecule has 0 aliphatic rings. The van der Waals surface area contributed by atoms with Crippen molar-refractivity contribution in [2.75, 3.05) is 6.61 Å². The largest absolute Gasteiger partial charge is 0.416 e. The second-order valence-electron chi connectivity index (χ2n) is 5.66. The second kappa shape index (κ2) is 7.12. The highest BCUT2D eigenvalue weighted by molar-refractivity contribution is 9.11. The Bertz CT molecular complexity index is 292. The van der Waals surface area contributed by atoms with Crippen molar-refractivity contribution in [3.63, 3.8) is 0 Å². The van der Waals surface area contributed by atoms with E-state index >= 15 is 0 Å². The monoisotopic (exact) mass is 338 g/mol. The number of hydrogen-bond acceptors (Lipinski definition) is 1. The predicted octanol–water partition coefficient (Wildman–Crippen LogP) is 5.82. The maximum Gasteiger partial charge on any atom is 0.191 e. The van der Waals surface area contributed by atoms with Crippen LogP contribution in [0.1, 0.15) is 33.6 Å². The molecular weight excluding hydrogens is 316 g/mol. The van der Waals surface area contributed by atoms with E-state index in [1.807, 2.05) is 0 Å². The van der Waals surface area contributed by atoms with Crippen molar-refractivity contribution in [1.82, 2.24) is 0 Å². The molecule has 0 aromatic carbocycles. The van der Waals surface area contributed by atoms with Crippen LogP contribution < -0.4 is 0 Å². The normalized spacial score (nSPS) is 14.5. The van der Waals surface area contributed by atoms with Crippen molar-refractivity contribution in [2.45, 2.75) is 51.7 Å². The quantitative estimate of drug-likeness (QED) is 0.437. The van der Waals surface area contributed by atoms with Crippen molar-refractivity contribution in [2.24, 2.45) is 0 Å². The van der Waals surface area contributed by atoms with Crippen LogP contribution in [0.25, 0.3) is 0 Å². The number of hydrogen-bond donors (Lipinski definition) is 0. The Balaban J connectivity index is 4.25. The molecule has 0 spiro atoms. The molecule has 0 saturated carbocycles. The zero-order valence-corrected chi connectivity index (χ0v) is 14.9. The van der Waals surface area contributed by atoms with Crippen molar-refractivity contribution < 1.29 is 4.43 Å². The second-order valence-corrected chi connectivity index (χ2v) is 11.9. The Labute approximate surface area is 121 Å². The molecule has 0 bridgehead atoms. The van der Waals surface area contributed by atoms with E-state index in [2.05, 4.69) is 56.4 Å². The zero-order valence-electron chi connectivity index (χ0n) is 11.6. The van der Waals surface area contributed by atoms with Gasteiger partial charge in [-0.25, -0.2) is 0 Å². The summed E-state index contributed by atoms with van der Waals surface area (Å²) >= 11 is 9.59. The lowest BCUT2D eigenvalue weighted by Crippen LogP contribution is -2.40. The Morgan fingerprint density at radius 3 is 2.35 bits per heavy atom. The Kier molecular flexibility index (Phi) is 7.30. The van der Waals surface area contributed by atoms with Gasteiger partial charge in [-0.15, -0.1) is 6.58 Å². The molecule has 0 aromatic heterocycles. The fraction of sp³-hybridized carbons (Fsp3) is 0.692. The van der Waals surface area contributed by atoms with Crippen LogP contribution in [0.4, 0.5) is 0 Å². The summed E-state index contributed by atoms with van der Waals surface area (Å²) < 4.78 is 7.11. The fourth-order valence-corrected chi connectivity index (χ4v) is 2.56. The third kappa shape index (κ3) is 6.23. The van der Waals surface area contributed by atoms with Crippen molar-refractivity contribution in [1.29, 1.82) is 0 Å². The van der Waals surface area contributed by atoms with Gasteiger partial charge in [-0.3, -0.25) is 0 Å². The van der Waals surface area contributed by atoms with Crippen LogP contribution >= 0.6 is 27.5 Å². The minimum Gasteiger partial charge on any atom is -0.416 e. The summed E-state index contributed by atoms with van der Waals surface area (Å²) in [5.74, 6) is 0. The van der Waals surface area contributed by atoms with E-state index in [0.717, 1.165) is 22.5 Å². The molecule has 0 aromatic rings. The molecule has 0 fully saturated rings. The summed E-state index contributed by atoms with van der Waals surface area (Å²) in [6, 6.07) is 0. The highest BCUT2D eigenvalue weighted by Crippen LogP contribution is 2.37. The average Bonchev–Trinajstić information content (AvgIpc) is 2.15. The van der Waals surface area contributed by atoms with Crippen LogP contribution in [0.2, 0.25) is 18.1 Å². The summed E-state index contributed by atoms with van der Waals surface area (Å²) in [6.07, 6.45) is 3.35. The Hall–Kier alpha value is 0.427. The van der Waals surface area contributed by atoms with Crippen molar-refractivity contribution in [3.05, 3.63) is 22.2 Å². The molecule has 0 aliphatic carbocycles. The van der Waals surface area contributed by atoms with E-state index in [1.54, 1.807) is 6.08 Å². The van der Waals surface area contributed by atoms with Gasteiger partial charge in [0.25, 0.3) is 0 Å². The summed E-state index contributed by atoms with van der Waals surface area (Å²) in [5.41, 5.74) is 0. The molecular formula is C13H24BrClOSi. The average molecular weight is 340 g/mol. The van der Waals surface area contributed by atoms with Gasteiger partial charge in [0.15, 0.2) is 8.32 Å². The maximum atomic E-state index is 6.09. The van der Waals surface area contributed by atoms with Gasteiger partial charge >= 0.3 is 0 Å². The molecule has 0 N–H and O–H groups in total. The first kappa shape index (κ1) is 17.4. The van der Waals surface area contributed by atoms with Crippen LogP contribution in [0, 0.1) is 0 Å². The number of rotatable bonds is 6. The van der Waals surface area contributed by atoms with Crippen molar-refractivity contribution >= 4 is 35.8 Å². The molecule has 0 aliphatic heterocycles. The predicted molar refractivity (Wildman–Crippen MR) is 84.4 cm³/mol. The molecule has 0 unspecified atom stereocenters. The molecule has 0 atom stereocenters. The summed E-state index contributed by atoms with van der Waals surface area (Å²) in [6.45, 7) is 15.7. The van der Waals surface area contributed by atoms with Gasteiger partial charge in [0.2, 0.25) is 0 Å². The number of halogens is 2. The summed E-state index contributed by atoms with van der Waals surface area (Å²) in [5, 5.41) is 1.08. The van der Waals surface area contributed by atoms with Gasteiger partial charge in [0.05, 0.1) is 0 Å². The lowest BCUT2D eigenvalue weighted by Gasteiger charge is -2.36. The molecule has 0 heterocycles. The van der Waals surface area contributed by atoms with Gasteiger partial charge in [0.1, 0.15) is 0 Å². The first-order valence-corrected chi connectivity index (χ1v) is 9.97. The number of allylic oxidation sites excluding steroid dienone is 2. The zero-order chi connectivity index (χ0) is 13.7. The van der Waals surface area contributed by atoms with E-state index in [-0.39, 0.29) is 5.04 Å². The Morgan fingerprint density at radius 2 is 1.94 bits per heavy atom. The fourth-order valence-electron chi connectivity index (χ4n) is 0.985. The van der Waals surface area contributed by atoms with E-state index in [9.17, 15) is 0 Å². The summed E-state index contributed by atoms with van der Waals surface area (Å²) in [4.78, 5) is 0. The molecule has 0 amide bonds. The molecule has 17 heavy (non-hydrogen) atoms. The highest BCUT2D eigenvalue weighted by atomic mass is 79.9. The minimum absolute atomic E-state index is 0.258. The lowest BCUT2D eigenvalue weighted by atomic mass is 10.2. The minimum atomic E-state index is -1.63. The van der Waals surface area contributed by atoms with Crippen LogP contribution in [0.15, 0.2) is 22.2 Å². The smallest absolute Gasteiger partial charge is 0.191 e. The van der Waals surface area contributed by atoms with Gasteiger partial charge in [-0.1, -0.05) is 54.4 Å². The van der Waals surface area contributed by atoms with E-state index in [4.69, 9.17) is 16.0 Å². The van der Waals surface area contributed by atoms with Gasteiger partial charge < -0.3 is 4.43 Å². The van der Waals surface area contributed by atoms with Gasteiger partial charge in [-0.05, 0) is 18.1 Å². The molecule has 0 rings (SSSR count). The standard InChI is InChI=1S/C13H24BrClOSi/c1-7-8-12(15)11(14)9-10-16-17(5,6)13(2,3)4/h7H,1,8-10H2,2-6H3/b12-11+. The van der Waals surface area contributed by atoms with Crippen LogP contribution in [-0.2, 0) is 4.43 Å². The maximum absolute atomic E-state index is 6.09. The van der Waals surface area contributed by atoms with Crippen LogP contribution in [0.5, 0.6) is 0 Å². The van der Waals surface area contributed by atoms with Crippen LogP contribution in [0.3, 0.4) is 0 Å². The highest BCUT2D eigenvalue weighted by Gasteiger charge is 2.36. The topological polar surface area (TPSA) is 9.23 Å². The van der Waals surface area contributed by atoms with Gasteiger partial charge in [0, 0.05) is 29.0 Å². The first-order chi connectivity index (χ1) is 7.62. The molecule has 0 saturated heterocycles. The first-order valence-electron chi connectivity index (χ1n) is 5.89. The van der Waals surface area contributed by atoms with Gasteiger partial charge in [-0.2, -0.15) is 0 Å². The third-order valence-corrected chi connectivity index (χ3v) is 9.23. The summed E-state index contributed by atoms with van der Waals surface area (Å²) in [7, 11) is -1.63. The lowest BCUT2D eigenvalue weighted by molar-refractivity contribution is 0.293.